The van der Waals surface area contributed by atoms with Gasteiger partial charge in [-0.3, -0.25) is 0 Å². The van der Waals surface area contributed by atoms with E-state index in [2.05, 4.69) is 38.1 Å². The van der Waals surface area contributed by atoms with Crippen molar-refractivity contribution < 1.29 is 4.39 Å². The van der Waals surface area contributed by atoms with Crippen LogP contribution in [0.15, 0.2) is 36.4 Å². The second-order valence-electron chi connectivity index (χ2n) is 4.84. The van der Waals surface area contributed by atoms with Gasteiger partial charge in [0.15, 0.2) is 0 Å². The average molecular weight is 260 g/mol. The van der Waals surface area contributed by atoms with Gasteiger partial charge in [-0.25, -0.2) is 4.39 Å². The summed E-state index contributed by atoms with van der Waals surface area (Å²) in [6.45, 7) is 9.81. The molecule has 2 aromatic carbocycles. The van der Waals surface area contributed by atoms with Crippen molar-refractivity contribution in [1.82, 2.24) is 0 Å². The maximum Gasteiger partial charge on any atom is 0.126 e. The number of halogens is 1. The van der Waals surface area contributed by atoms with E-state index in [1.54, 1.807) is 13.0 Å². The van der Waals surface area contributed by atoms with Gasteiger partial charge in [0.1, 0.15) is 5.82 Å². The van der Waals surface area contributed by atoms with E-state index in [4.69, 9.17) is 0 Å². The van der Waals surface area contributed by atoms with E-state index in [-0.39, 0.29) is 13.2 Å². The van der Waals surface area contributed by atoms with Gasteiger partial charge in [0, 0.05) is 0 Å². The molecule has 0 aliphatic heterocycles. The van der Waals surface area contributed by atoms with Crippen LogP contribution in [0, 0.1) is 40.4 Å². The van der Waals surface area contributed by atoms with Crippen LogP contribution in [0.5, 0.6) is 0 Å². The summed E-state index contributed by atoms with van der Waals surface area (Å²) in [6.07, 6.45) is 0. The van der Waals surface area contributed by atoms with Crippen molar-refractivity contribution in [3.8, 4) is 0 Å². The average Bonchev–Trinajstić information content (AvgIpc) is 2.31. The molecule has 2 rings (SSSR count). The Balaban J connectivity index is 0.000000331. The number of aryl methyl sites for hydroxylation is 4. The molecule has 0 fully saturated rings. The molecule has 0 bridgehead atoms. The zero-order valence-corrected chi connectivity index (χ0v) is 11.8. The van der Waals surface area contributed by atoms with Gasteiger partial charge in [0.2, 0.25) is 0 Å². The van der Waals surface area contributed by atoms with E-state index in [0.717, 1.165) is 16.7 Å². The fourth-order valence-electron chi connectivity index (χ4n) is 1.62. The summed E-state index contributed by atoms with van der Waals surface area (Å²) in [4.78, 5) is 0. The molecule has 0 spiro atoms. The summed E-state index contributed by atoms with van der Waals surface area (Å²) in [5, 5.41) is 0. The van der Waals surface area contributed by atoms with Gasteiger partial charge in [0.05, 0.1) is 0 Å². The van der Waals surface area contributed by atoms with E-state index >= 15 is 0 Å². The molecule has 0 unspecified atom stereocenters. The van der Waals surface area contributed by atoms with Gasteiger partial charge < -0.3 is 0 Å². The van der Waals surface area contributed by atoms with E-state index in [1.165, 1.54) is 11.1 Å². The Bertz CT molecular complexity index is 466. The van der Waals surface area contributed by atoms with Gasteiger partial charge in [0.25, 0.3) is 0 Å². The normalized spacial score (nSPS) is 9.16. The molecular weight excluding hydrogens is 235 g/mol. The van der Waals surface area contributed by atoms with Crippen LogP contribution in [0.1, 0.15) is 35.2 Å². The minimum Gasteiger partial charge on any atom is -0.207 e. The maximum atomic E-state index is 12.8. The molecule has 1 heteroatoms. The van der Waals surface area contributed by atoms with Crippen LogP contribution >= 0.6 is 0 Å². The topological polar surface area (TPSA) is 0 Å². The van der Waals surface area contributed by atoms with Crippen molar-refractivity contribution in [2.24, 2.45) is 0 Å². The van der Waals surface area contributed by atoms with Crippen LogP contribution in [-0.4, -0.2) is 0 Å². The van der Waals surface area contributed by atoms with Crippen molar-refractivity contribution in [3.05, 3.63) is 70.0 Å². The van der Waals surface area contributed by atoms with Gasteiger partial charge in [-0.15, -0.1) is 0 Å². The lowest BCUT2D eigenvalue weighted by Gasteiger charge is -2.01. The molecule has 104 valence electrons. The summed E-state index contributed by atoms with van der Waals surface area (Å²) >= 11 is 0. The third-order valence-corrected chi connectivity index (χ3v) is 2.97. The first kappa shape index (κ1) is 17.4. The third-order valence-electron chi connectivity index (χ3n) is 2.97. The molecule has 0 atom stereocenters. The van der Waals surface area contributed by atoms with Crippen molar-refractivity contribution >= 4 is 0 Å². The monoisotopic (exact) mass is 260 g/mol. The van der Waals surface area contributed by atoms with Crippen LogP contribution in [0.2, 0.25) is 0 Å². The first-order valence-electron chi connectivity index (χ1n) is 6.17. The van der Waals surface area contributed by atoms with Gasteiger partial charge >= 0.3 is 0 Å². The lowest BCUT2D eigenvalue weighted by Crippen LogP contribution is -1.87. The molecule has 0 amide bonds. The quantitative estimate of drug-likeness (QED) is 0.570. The minimum atomic E-state index is -0.0995. The molecule has 0 nitrogen and oxygen atoms in total. The highest BCUT2D eigenvalue weighted by Gasteiger charge is 1.99. The first-order valence-corrected chi connectivity index (χ1v) is 6.17. The molecule has 0 heterocycles. The summed E-state index contributed by atoms with van der Waals surface area (Å²) in [7, 11) is 0. The molecule has 19 heavy (non-hydrogen) atoms. The minimum absolute atomic E-state index is 0. The predicted octanol–water partition coefficient (Wildman–Crippen LogP) is 5.69. The Morgan fingerprint density at radius 1 is 0.684 bits per heavy atom. The Morgan fingerprint density at radius 2 is 1.11 bits per heavy atom. The molecule has 0 aliphatic rings. The Labute approximate surface area is 117 Å². The van der Waals surface area contributed by atoms with Gasteiger partial charge in [-0.1, -0.05) is 48.9 Å². The Morgan fingerprint density at radius 3 is 1.47 bits per heavy atom. The highest BCUT2D eigenvalue weighted by molar-refractivity contribution is 5.30. The number of hydrogen-bond donors (Lipinski definition) is 0. The van der Waals surface area contributed by atoms with E-state index in [1.807, 2.05) is 19.9 Å². The molecular formula is C18H25F. The highest BCUT2D eigenvalue weighted by Crippen LogP contribution is 2.13. The highest BCUT2D eigenvalue weighted by atomic mass is 19.1. The fraction of sp³-hybridized carbons (Fsp3) is 0.333. The molecule has 2 aromatic rings. The van der Waals surface area contributed by atoms with Crippen molar-refractivity contribution in [2.75, 3.05) is 0 Å². The van der Waals surface area contributed by atoms with Gasteiger partial charge in [-0.05, 0) is 57.4 Å². The van der Waals surface area contributed by atoms with Crippen LogP contribution < -0.4 is 0 Å². The third kappa shape index (κ3) is 5.69. The summed E-state index contributed by atoms with van der Waals surface area (Å²) in [6, 6.07) is 12.0. The number of rotatable bonds is 0. The van der Waals surface area contributed by atoms with E-state index in [9.17, 15) is 4.39 Å². The summed E-state index contributed by atoms with van der Waals surface area (Å²) in [5.41, 5.74) is 5.43. The first-order chi connectivity index (χ1) is 8.40. The summed E-state index contributed by atoms with van der Waals surface area (Å²) in [5.74, 6) is -0.0995. The SMILES string of the molecule is C.Cc1cc(C)c(C)c(F)c1.Cc1ccc(C)cc1. The van der Waals surface area contributed by atoms with Crippen LogP contribution in [0.4, 0.5) is 4.39 Å². The van der Waals surface area contributed by atoms with Crippen molar-refractivity contribution in [1.29, 1.82) is 0 Å². The Hall–Kier alpha value is -1.63. The molecule has 0 aromatic heterocycles. The largest absolute Gasteiger partial charge is 0.207 e. The van der Waals surface area contributed by atoms with Crippen molar-refractivity contribution in [2.45, 2.75) is 42.0 Å². The standard InChI is InChI=1S/C9H11F.C8H10.CH4/c1-6-4-7(2)8(3)9(10)5-6;1-7-3-5-8(2)6-4-7;/h4-5H,1-3H3;3-6H,1-2H3;1H4. The van der Waals surface area contributed by atoms with Crippen molar-refractivity contribution in [3.63, 3.8) is 0 Å². The van der Waals surface area contributed by atoms with Crippen LogP contribution in [0.3, 0.4) is 0 Å². The van der Waals surface area contributed by atoms with Crippen LogP contribution in [0.25, 0.3) is 0 Å². The fourth-order valence-corrected chi connectivity index (χ4v) is 1.62. The zero-order valence-electron chi connectivity index (χ0n) is 11.8. The van der Waals surface area contributed by atoms with Crippen LogP contribution in [-0.2, 0) is 0 Å². The second kappa shape index (κ2) is 7.73. The molecule has 0 saturated carbocycles. The summed E-state index contributed by atoms with van der Waals surface area (Å²) < 4.78 is 12.8. The maximum absolute atomic E-state index is 12.8. The second-order valence-corrected chi connectivity index (χ2v) is 4.84. The van der Waals surface area contributed by atoms with E-state index in [0.29, 0.717) is 0 Å². The molecule has 0 aliphatic carbocycles. The number of hydrogen-bond acceptors (Lipinski definition) is 0. The van der Waals surface area contributed by atoms with Gasteiger partial charge in [-0.2, -0.15) is 0 Å². The molecule has 0 radical (unpaired) electrons. The van der Waals surface area contributed by atoms with E-state index < -0.39 is 0 Å². The zero-order chi connectivity index (χ0) is 13.7. The smallest absolute Gasteiger partial charge is 0.126 e. The molecule has 0 saturated heterocycles. The Kier molecular flexibility index (Phi) is 7.06. The molecule has 0 N–H and O–H groups in total. The predicted molar refractivity (Wildman–Crippen MR) is 83.3 cm³/mol. The number of benzene rings is 2. The lowest BCUT2D eigenvalue weighted by atomic mass is 10.1. The lowest BCUT2D eigenvalue weighted by molar-refractivity contribution is 0.615.